The zero-order valence-corrected chi connectivity index (χ0v) is 16.0. The minimum absolute atomic E-state index is 0.134. The van der Waals surface area contributed by atoms with E-state index in [2.05, 4.69) is 20.4 Å². The Morgan fingerprint density at radius 1 is 1.24 bits per heavy atom. The summed E-state index contributed by atoms with van der Waals surface area (Å²) in [5.41, 5.74) is 1.67. The molecule has 1 saturated heterocycles. The lowest BCUT2D eigenvalue weighted by molar-refractivity contribution is 0.0334. The van der Waals surface area contributed by atoms with E-state index in [1.807, 2.05) is 29.2 Å². The average Bonchev–Trinajstić information content (AvgIpc) is 3.20. The van der Waals surface area contributed by atoms with Crippen LogP contribution < -0.4 is 9.64 Å². The lowest BCUT2D eigenvalue weighted by Gasteiger charge is -2.33. The molecule has 0 aliphatic carbocycles. The number of aryl methyl sites for hydroxylation is 1. The molecule has 1 N–H and O–H groups in total. The largest absolute Gasteiger partial charge is 0.497 e. The fourth-order valence-electron chi connectivity index (χ4n) is 3.20. The van der Waals surface area contributed by atoms with Crippen LogP contribution in [0.5, 0.6) is 5.75 Å². The monoisotopic (exact) mass is 396 g/mol. The van der Waals surface area contributed by atoms with Gasteiger partial charge in [0.05, 0.1) is 33.0 Å². The Kier molecular flexibility index (Phi) is 5.09. The number of aromatic nitrogens is 5. The van der Waals surface area contributed by atoms with Crippen LogP contribution in [0.3, 0.4) is 0 Å². The number of anilines is 1. The van der Waals surface area contributed by atoms with E-state index in [9.17, 15) is 9.90 Å². The maximum absolute atomic E-state index is 11.8. The van der Waals surface area contributed by atoms with Gasteiger partial charge in [0.1, 0.15) is 23.2 Å². The minimum Gasteiger partial charge on any atom is -0.497 e. The maximum atomic E-state index is 11.8. The van der Waals surface area contributed by atoms with E-state index in [4.69, 9.17) is 9.47 Å². The number of aromatic carboxylic acids is 1. The number of hydrogen-bond donors (Lipinski definition) is 1. The molecular weight excluding hydrogens is 376 g/mol. The van der Waals surface area contributed by atoms with Crippen molar-refractivity contribution in [2.75, 3.05) is 31.7 Å². The number of morpholine rings is 1. The molecule has 10 heteroatoms. The Hall–Kier alpha value is -3.53. The summed E-state index contributed by atoms with van der Waals surface area (Å²) in [7, 11) is 3.29. The highest BCUT2D eigenvalue weighted by Crippen LogP contribution is 2.29. The Balaban J connectivity index is 1.67. The predicted octanol–water partition coefficient (Wildman–Crippen LogP) is 1.56. The van der Waals surface area contributed by atoms with Crippen molar-refractivity contribution in [3.8, 4) is 17.0 Å². The van der Waals surface area contributed by atoms with Crippen molar-refractivity contribution >= 4 is 11.8 Å². The average molecular weight is 396 g/mol. The number of carboxylic acid groups (broad SMARTS) is 1. The smallest absolute Gasteiger partial charge is 0.339 e. The first-order valence-corrected chi connectivity index (χ1v) is 9.04. The fourth-order valence-corrected chi connectivity index (χ4v) is 3.20. The summed E-state index contributed by atoms with van der Waals surface area (Å²) in [5.74, 6) is 0.557. The third kappa shape index (κ3) is 3.87. The Bertz CT molecular complexity index is 1020. The molecule has 29 heavy (non-hydrogen) atoms. The zero-order chi connectivity index (χ0) is 20.4. The maximum Gasteiger partial charge on any atom is 0.339 e. The van der Waals surface area contributed by atoms with Crippen LogP contribution in [-0.2, 0) is 11.8 Å². The number of methoxy groups -OCH3 is 1. The number of hydrogen-bond acceptors (Lipinski definition) is 8. The highest BCUT2D eigenvalue weighted by atomic mass is 16.5. The molecular formula is C19H20N6O4. The number of benzene rings is 1. The first kappa shape index (κ1) is 18.8. The molecule has 0 amide bonds. The number of pyridine rings is 1. The molecule has 1 aromatic carbocycles. The van der Waals surface area contributed by atoms with E-state index in [0.29, 0.717) is 37.0 Å². The number of carbonyl (C=O) groups is 1. The molecule has 1 fully saturated rings. The third-order valence-corrected chi connectivity index (χ3v) is 4.67. The normalized spacial score (nSPS) is 16.6. The van der Waals surface area contributed by atoms with Gasteiger partial charge in [0, 0.05) is 12.1 Å². The molecule has 0 spiro atoms. The van der Waals surface area contributed by atoms with Gasteiger partial charge in [0.15, 0.2) is 0 Å². The van der Waals surface area contributed by atoms with Crippen LogP contribution in [0.4, 0.5) is 5.82 Å². The van der Waals surface area contributed by atoms with Crippen molar-refractivity contribution in [1.29, 1.82) is 0 Å². The van der Waals surface area contributed by atoms with Crippen molar-refractivity contribution in [3.63, 3.8) is 0 Å². The summed E-state index contributed by atoms with van der Waals surface area (Å²) in [5, 5.41) is 21.7. The lowest BCUT2D eigenvalue weighted by atomic mass is 10.1. The van der Waals surface area contributed by atoms with Gasteiger partial charge >= 0.3 is 5.97 Å². The van der Waals surface area contributed by atoms with Gasteiger partial charge < -0.3 is 19.5 Å². The second-order valence-electron chi connectivity index (χ2n) is 6.54. The number of nitrogens with zero attached hydrogens (tertiary/aromatic N) is 6. The minimum atomic E-state index is -1.03. The van der Waals surface area contributed by atoms with Gasteiger partial charge in [-0.05, 0) is 41.6 Å². The summed E-state index contributed by atoms with van der Waals surface area (Å²) in [4.78, 5) is 19.7. The number of ether oxygens (including phenoxy) is 2. The molecule has 0 bridgehead atoms. The van der Waals surface area contributed by atoms with E-state index in [-0.39, 0.29) is 5.56 Å². The zero-order valence-electron chi connectivity index (χ0n) is 16.0. The standard InChI is InChI=1S/C19H20N6O4/c1-24-22-17(21-23-24)16-11-25(9-10-29-16)18-14(19(26)27)7-8-15(20-18)12-3-5-13(28-2)6-4-12/h3-8,16H,9-11H2,1-2H3,(H,26,27). The topological polar surface area (TPSA) is 115 Å². The quantitative estimate of drug-likeness (QED) is 0.686. The van der Waals surface area contributed by atoms with Crippen molar-refractivity contribution in [3.05, 3.63) is 47.8 Å². The van der Waals surface area contributed by atoms with Crippen LogP contribution in [0, 0.1) is 0 Å². The molecule has 2 aromatic heterocycles. The predicted molar refractivity (Wildman–Crippen MR) is 103 cm³/mol. The fraction of sp³-hybridized carbons (Fsp3) is 0.316. The molecule has 0 radical (unpaired) electrons. The Morgan fingerprint density at radius 3 is 2.69 bits per heavy atom. The van der Waals surface area contributed by atoms with Gasteiger partial charge in [-0.25, -0.2) is 9.78 Å². The number of tetrazole rings is 1. The third-order valence-electron chi connectivity index (χ3n) is 4.67. The Labute approximate surface area is 166 Å². The molecule has 0 saturated carbocycles. The summed E-state index contributed by atoms with van der Waals surface area (Å²) in [6.07, 6.45) is -0.412. The lowest BCUT2D eigenvalue weighted by Crippen LogP contribution is -2.40. The van der Waals surface area contributed by atoms with Gasteiger partial charge in [-0.15, -0.1) is 10.2 Å². The molecule has 3 aromatic rings. The summed E-state index contributed by atoms with van der Waals surface area (Å²) in [6.45, 7) is 1.29. The molecule has 1 atom stereocenters. The van der Waals surface area contributed by atoms with Crippen LogP contribution in [0.15, 0.2) is 36.4 Å². The second-order valence-corrected chi connectivity index (χ2v) is 6.54. The van der Waals surface area contributed by atoms with Crippen molar-refractivity contribution in [1.82, 2.24) is 25.2 Å². The Morgan fingerprint density at radius 2 is 2.03 bits per heavy atom. The molecule has 150 valence electrons. The highest BCUT2D eigenvalue weighted by Gasteiger charge is 2.29. The number of carboxylic acids is 1. The van der Waals surface area contributed by atoms with Crippen molar-refractivity contribution < 1.29 is 19.4 Å². The molecule has 1 aliphatic rings. The van der Waals surface area contributed by atoms with Crippen LogP contribution in [0.25, 0.3) is 11.3 Å². The molecule has 1 aliphatic heterocycles. The molecule has 1 unspecified atom stereocenters. The summed E-state index contributed by atoms with van der Waals surface area (Å²) in [6, 6.07) is 10.7. The van der Waals surface area contributed by atoms with Gasteiger partial charge in [-0.2, -0.15) is 4.80 Å². The van der Waals surface area contributed by atoms with E-state index < -0.39 is 12.1 Å². The second kappa shape index (κ2) is 7.84. The van der Waals surface area contributed by atoms with Crippen LogP contribution in [0.1, 0.15) is 22.3 Å². The van der Waals surface area contributed by atoms with Crippen LogP contribution in [0.2, 0.25) is 0 Å². The summed E-state index contributed by atoms with van der Waals surface area (Å²) >= 11 is 0. The van der Waals surface area contributed by atoms with E-state index in [1.54, 1.807) is 26.3 Å². The summed E-state index contributed by atoms with van der Waals surface area (Å²) < 4.78 is 11.0. The molecule has 4 rings (SSSR count). The van der Waals surface area contributed by atoms with Gasteiger partial charge in [0.2, 0.25) is 5.82 Å². The van der Waals surface area contributed by atoms with E-state index in [0.717, 1.165) is 11.3 Å². The van der Waals surface area contributed by atoms with Crippen molar-refractivity contribution in [2.24, 2.45) is 7.05 Å². The highest BCUT2D eigenvalue weighted by molar-refractivity contribution is 5.94. The SMILES string of the molecule is COc1ccc(-c2ccc(C(=O)O)c(N3CCOC(c4nnn(C)n4)C3)n2)cc1. The van der Waals surface area contributed by atoms with Gasteiger partial charge in [0.25, 0.3) is 0 Å². The molecule has 10 nitrogen and oxygen atoms in total. The van der Waals surface area contributed by atoms with E-state index in [1.165, 1.54) is 4.80 Å². The van der Waals surface area contributed by atoms with Crippen molar-refractivity contribution in [2.45, 2.75) is 6.10 Å². The first-order chi connectivity index (χ1) is 14.0. The van der Waals surface area contributed by atoms with Gasteiger partial charge in [-0.3, -0.25) is 0 Å². The number of rotatable bonds is 5. The van der Waals surface area contributed by atoms with Gasteiger partial charge in [-0.1, -0.05) is 0 Å². The van der Waals surface area contributed by atoms with E-state index >= 15 is 0 Å². The first-order valence-electron chi connectivity index (χ1n) is 9.04. The molecule has 3 heterocycles. The van der Waals surface area contributed by atoms with Crippen LogP contribution in [-0.4, -0.2) is 63.1 Å². The van der Waals surface area contributed by atoms with Crippen LogP contribution >= 0.6 is 0 Å².